The number of para-hydroxylation sites is 1. The number of nitrogens with one attached hydrogen (secondary N) is 2. The zero-order chi connectivity index (χ0) is 20.4. The number of benzene rings is 2. The quantitative estimate of drug-likeness (QED) is 0.466. The lowest BCUT2D eigenvalue weighted by Gasteiger charge is -2.13. The van der Waals surface area contributed by atoms with Gasteiger partial charge in [-0.15, -0.1) is 13.2 Å². The first kappa shape index (κ1) is 18.4. The lowest BCUT2D eigenvalue weighted by molar-refractivity contribution is -0.274. The molecule has 0 aliphatic heterocycles. The van der Waals surface area contributed by atoms with E-state index in [4.69, 9.17) is 0 Å². The summed E-state index contributed by atoms with van der Waals surface area (Å²) >= 11 is 0. The van der Waals surface area contributed by atoms with Crippen molar-refractivity contribution in [3.05, 3.63) is 54.3 Å². The lowest BCUT2D eigenvalue weighted by atomic mass is 10.3. The minimum Gasteiger partial charge on any atom is -0.406 e. The first-order valence-electron chi connectivity index (χ1n) is 8.02. The highest BCUT2D eigenvalue weighted by molar-refractivity contribution is 5.79. The second-order valence-corrected chi connectivity index (χ2v) is 5.64. The normalized spacial score (nSPS) is 11.4. The van der Waals surface area contributed by atoms with Crippen LogP contribution in [-0.4, -0.2) is 26.6 Å². The van der Waals surface area contributed by atoms with Gasteiger partial charge in [-0.2, -0.15) is 0 Å². The Morgan fingerprint density at radius 2 is 1.55 bits per heavy atom. The number of rotatable bonds is 5. The van der Waals surface area contributed by atoms with Crippen LogP contribution in [0.5, 0.6) is 5.75 Å². The van der Waals surface area contributed by atoms with E-state index < -0.39 is 17.9 Å². The maximum absolute atomic E-state index is 14.0. The van der Waals surface area contributed by atoms with E-state index >= 15 is 0 Å². The van der Waals surface area contributed by atoms with Crippen molar-refractivity contribution in [2.24, 2.45) is 0 Å². The van der Waals surface area contributed by atoms with Crippen LogP contribution in [0, 0.1) is 5.82 Å². The summed E-state index contributed by atoms with van der Waals surface area (Å²) < 4.78 is 59.8. The largest absolute Gasteiger partial charge is 0.573 e. The van der Waals surface area contributed by atoms with Crippen molar-refractivity contribution in [2.75, 3.05) is 10.6 Å². The van der Waals surface area contributed by atoms with E-state index in [-0.39, 0.29) is 34.3 Å². The fourth-order valence-electron chi connectivity index (χ4n) is 2.41. The predicted molar refractivity (Wildman–Crippen MR) is 93.5 cm³/mol. The molecule has 29 heavy (non-hydrogen) atoms. The smallest absolute Gasteiger partial charge is 0.406 e. The molecule has 0 aliphatic carbocycles. The topological polar surface area (TPSA) is 98.0 Å². The van der Waals surface area contributed by atoms with Crippen LogP contribution >= 0.6 is 0 Å². The third kappa shape index (κ3) is 4.31. The average molecular weight is 406 g/mol. The Kier molecular flexibility index (Phi) is 4.58. The minimum atomic E-state index is -4.83. The van der Waals surface area contributed by atoms with Crippen LogP contribution in [0.3, 0.4) is 0 Å². The standard InChI is InChI=1S/C17H10F4N6O2/c18-11-6-1-2-7-12(11)23-14-13(24-15-16(25-14)27-29-26-15)22-9-4-3-5-10(8-9)28-17(19,20)21/h1-8H,(H,22,24,26)(H,23,25,27). The average Bonchev–Trinajstić information content (AvgIpc) is 3.10. The second-order valence-electron chi connectivity index (χ2n) is 5.64. The molecule has 0 spiro atoms. The predicted octanol–water partition coefficient (Wildman–Crippen LogP) is 4.54. The molecule has 4 aromatic rings. The monoisotopic (exact) mass is 406 g/mol. The van der Waals surface area contributed by atoms with Crippen LogP contribution in [0.4, 0.5) is 40.6 Å². The first-order valence-corrected chi connectivity index (χ1v) is 8.02. The van der Waals surface area contributed by atoms with Gasteiger partial charge in [-0.3, -0.25) is 0 Å². The van der Waals surface area contributed by atoms with Crippen molar-refractivity contribution in [1.82, 2.24) is 20.3 Å². The molecule has 148 valence electrons. The van der Waals surface area contributed by atoms with Gasteiger partial charge in [0.25, 0.3) is 0 Å². The lowest BCUT2D eigenvalue weighted by Crippen LogP contribution is -2.17. The third-order valence-electron chi connectivity index (χ3n) is 3.57. The van der Waals surface area contributed by atoms with Crippen LogP contribution < -0.4 is 15.4 Å². The number of aromatic nitrogens is 4. The fourth-order valence-corrected chi connectivity index (χ4v) is 2.41. The van der Waals surface area contributed by atoms with Gasteiger partial charge >= 0.3 is 6.36 Å². The van der Waals surface area contributed by atoms with Crippen molar-refractivity contribution in [2.45, 2.75) is 6.36 Å². The van der Waals surface area contributed by atoms with Gasteiger partial charge in [-0.05, 0) is 34.6 Å². The molecule has 4 rings (SSSR count). The van der Waals surface area contributed by atoms with Crippen LogP contribution in [0.15, 0.2) is 53.2 Å². The van der Waals surface area contributed by atoms with Gasteiger partial charge in [0.15, 0.2) is 11.6 Å². The minimum absolute atomic E-state index is 0.0503. The molecule has 2 heterocycles. The molecule has 2 N–H and O–H groups in total. The zero-order valence-corrected chi connectivity index (χ0v) is 14.2. The maximum atomic E-state index is 14.0. The van der Waals surface area contributed by atoms with Crippen LogP contribution in [0.25, 0.3) is 11.3 Å². The van der Waals surface area contributed by atoms with Crippen LogP contribution in [-0.2, 0) is 0 Å². The highest BCUT2D eigenvalue weighted by Crippen LogP contribution is 2.30. The number of ether oxygens (including phenoxy) is 1. The molecule has 2 aromatic carbocycles. The van der Waals surface area contributed by atoms with Gasteiger partial charge in [-0.1, -0.05) is 18.2 Å². The number of anilines is 4. The number of fused-ring (bicyclic) bond motifs is 1. The Morgan fingerprint density at radius 3 is 2.24 bits per heavy atom. The molecule has 8 nitrogen and oxygen atoms in total. The summed E-state index contributed by atoms with van der Waals surface area (Å²) in [5.41, 5.74) is 0.432. The zero-order valence-electron chi connectivity index (χ0n) is 14.2. The Bertz CT molecular complexity index is 1160. The van der Waals surface area contributed by atoms with E-state index in [0.29, 0.717) is 0 Å². The summed E-state index contributed by atoms with van der Waals surface area (Å²) in [6.45, 7) is 0. The van der Waals surface area contributed by atoms with Crippen LogP contribution in [0.2, 0.25) is 0 Å². The van der Waals surface area contributed by atoms with Crippen molar-refractivity contribution in [3.63, 3.8) is 0 Å². The second kappa shape index (κ2) is 7.22. The summed E-state index contributed by atoms with van der Waals surface area (Å²) in [7, 11) is 0. The van der Waals surface area contributed by atoms with Gasteiger partial charge < -0.3 is 15.4 Å². The van der Waals surface area contributed by atoms with Crippen molar-refractivity contribution < 1.29 is 26.9 Å². The number of halogens is 4. The highest BCUT2D eigenvalue weighted by atomic mass is 19.4. The highest BCUT2D eigenvalue weighted by Gasteiger charge is 2.31. The number of hydrogen-bond donors (Lipinski definition) is 2. The Labute approximate surface area is 159 Å². The molecular formula is C17H10F4N6O2. The molecule has 0 unspecified atom stereocenters. The summed E-state index contributed by atoms with van der Waals surface area (Å²) in [6, 6.07) is 11.0. The van der Waals surface area contributed by atoms with Gasteiger partial charge in [0.2, 0.25) is 11.3 Å². The first-order chi connectivity index (χ1) is 13.9. The summed E-state index contributed by atoms with van der Waals surface area (Å²) in [5.74, 6) is -0.858. The van der Waals surface area contributed by atoms with Crippen molar-refractivity contribution >= 4 is 34.3 Å². The van der Waals surface area contributed by atoms with Gasteiger partial charge in [0, 0.05) is 11.8 Å². The van der Waals surface area contributed by atoms with E-state index in [1.165, 1.54) is 30.3 Å². The summed E-state index contributed by atoms with van der Waals surface area (Å²) in [5, 5.41) is 12.7. The molecule has 0 saturated carbocycles. The number of hydrogen-bond acceptors (Lipinski definition) is 8. The van der Waals surface area contributed by atoms with E-state index in [1.807, 2.05) is 0 Å². The van der Waals surface area contributed by atoms with Crippen molar-refractivity contribution in [1.29, 1.82) is 0 Å². The molecule has 0 radical (unpaired) electrons. The molecule has 0 amide bonds. The van der Waals surface area contributed by atoms with Gasteiger partial charge in [0.05, 0.1) is 5.69 Å². The molecule has 0 fully saturated rings. The summed E-state index contributed by atoms with van der Waals surface area (Å²) in [6.07, 6.45) is -4.83. The molecule has 12 heteroatoms. The SMILES string of the molecule is Fc1ccccc1Nc1nc2nonc2nc1Nc1cccc(OC(F)(F)F)c1. The van der Waals surface area contributed by atoms with Gasteiger partial charge in [-0.25, -0.2) is 19.0 Å². The Hall–Kier alpha value is -3.96. The third-order valence-corrected chi connectivity index (χ3v) is 3.57. The number of alkyl halides is 3. The van der Waals surface area contributed by atoms with Crippen molar-refractivity contribution in [3.8, 4) is 5.75 Å². The van der Waals surface area contributed by atoms with E-state index in [1.54, 1.807) is 6.07 Å². The molecule has 0 aliphatic rings. The molecule has 2 aromatic heterocycles. The van der Waals surface area contributed by atoms with Gasteiger partial charge in [0.1, 0.15) is 11.6 Å². The fraction of sp³-hybridized carbons (Fsp3) is 0.0588. The summed E-state index contributed by atoms with van der Waals surface area (Å²) in [4.78, 5) is 8.34. The molecule has 0 bridgehead atoms. The molecule has 0 atom stereocenters. The Balaban J connectivity index is 1.69. The van der Waals surface area contributed by atoms with Crippen LogP contribution in [0.1, 0.15) is 0 Å². The van der Waals surface area contributed by atoms with E-state index in [2.05, 4.69) is 40.3 Å². The number of nitrogens with zero attached hydrogens (tertiary/aromatic N) is 4. The molecular weight excluding hydrogens is 396 g/mol. The Morgan fingerprint density at radius 1 is 0.862 bits per heavy atom. The molecule has 0 saturated heterocycles. The van der Waals surface area contributed by atoms with E-state index in [9.17, 15) is 17.6 Å². The van der Waals surface area contributed by atoms with E-state index in [0.717, 1.165) is 12.1 Å². The maximum Gasteiger partial charge on any atom is 0.573 e.